The molecule has 0 atom stereocenters. The van der Waals surface area contributed by atoms with E-state index in [4.69, 9.17) is 0 Å². The highest BCUT2D eigenvalue weighted by atomic mass is 32.2. The highest BCUT2D eigenvalue weighted by Crippen LogP contribution is 2.37. The van der Waals surface area contributed by atoms with E-state index in [-0.39, 0.29) is 18.1 Å². The van der Waals surface area contributed by atoms with Gasteiger partial charge in [0.2, 0.25) is 15.9 Å². The summed E-state index contributed by atoms with van der Waals surface area (Å²) in [5.74, 6) is -0.650. The molecule has 1 heterocycles. The SMILES string of the molecule is Cc1ccc(N(Cc2ccc(C(=O)N=Nc3c(O)n(C)c4ccccc34)cc2)S(C)(=O)=O)cc1C. The molecule has 3 aromatic carbocycles. The lowest BCUT2D eigenvalue weighted by Gasteiger charge is -2.23. The first-order chi connectivity index (χ1) is 16.6. The Labute approximate surface area is 204 Å². The van der Waals surface area contributed by atoms with Crippen LogP contribution >= 0.6 is 0 Å². The standard InChI is InChI=1S/C26H26N4O4S/c1-17-9-14-21(15-18(17)2)30(35(4,33)34)16-19-10-12-20(13-11-19)25(31)28-27-24-22-7-5-6-8-23(22)29(3)26(24)32/h5-15,32H,16H2,1-4H3. The molecule has 8 nitrogen and oxygen atoms in total. The summed E-state index contributed by atoms with van der Waals surface area (Å²) in [5.41, 5.74) is 4.68. The molecule has 0 saturated carbocycles. The average Bonchev–Trinajstić information content (AvgIpc) is 3.07. The molecule has 0 unspecified atom stereocenters. The lowest BCUT2D eigenvalue weighted by Crippen LogP contribution is -2.29. The van der Waals surface area contributed by atoms with Crippen molar-refractivity contribution in [1.29, 1.82) is 0 Å². The van der Waals surface area contributed by atoms with Crippen LogP contribution in [0.2, 0.25) is 0 Å². The number of carbonyl (C=O) groups excluding carboxylic acids is 1. The fourth-order valence-corrected chi connectivity index (χ4v) is 4.69. The highest BCUT2D eigenvalue weighted by molar-refractivity contribution is 7.92. The monoisotopic (exact) mass is 490 g/mol. The molecule has 0 aliphatic heterocycles. The number of aromatic hydroxyl groups is 1. The number of amides is 1. The zero-order valence-corrected chi connectivity index (χ0v) is 20.7. The first-order valence-corrected chi connectivity index (χ1v) is 12.8. The minimum Gasteiger partial charge on any atom is -0.493 e. The molecule has 1 aromatic heterocycles. The summed E-state index contributed by atoms with van der Waals surface area (Å²) in [7, 11) is -1.82. The zero-order valence-electron chi connectivity index (χ0n) is 19.9. The predicted octanol–water partition coefficient (Wildman–Crippen LogP) is 5.39. The first-order valence-electron chi connectivity index (χ1n) is 10.9. The summed E-state index contributed by atoms with van der Waals surface area (Å²) in [4.78, 5) is 12.6. The number of hydrogen-bond acceptors (Lipinski definition) is 5. The second-order valence-corrected chi connectivity index (χ2v) is 10.4. The number of benzene rings is 3. The number of para-hydroxylation sites is 1. The first kappa shape index (κ1) is 24.2. The van der Waals surface area contributed by atoms with Gasteiger partial charge in [-0.05, 0) is 60.9 Å². The number of fused-ring (bicyclic) bond motifs is 1. The minimum atomic E-state index is -3.52. The Morgan fingerprint density at radius 2 is 1.69 bits per heavy atom. The molecular formula is C26H26N4O4S. The molecule has 4 aromatic rings. The van der Waals surface area contributed by atoms with Crippen molar-refractivity contribution in [1.82, 2.24) is 4.57 Å². The summed E-state index contributed by atoms with van der Waals surface area (Å²) < 4.78 is 27.9. The summed E-state index contributed by atoms with van der Waals surface area (Å²) in [6.45, 7) is 4.03. The van der Waals surface area contributed by atoms with Crippen LogP contribution in [0.4, 0.5) is 11.4 Å². The molecule has 9 heteroatoms. The van der Waals surface area contributed by atoms with E-state index >= 15 is 0 Å². The largest absolute Gasteiger partial charge is 0.493 e. The number of azo groups is 1. The van der Waals surface area contributed by atoms with Crippen LogP contribution < -0.4 is 4.31 Å². The molecule has 0 spiro atoms. The van der Waals surface area contributed by atoms with E-state index in [0.29, 0.717) is 22.2 Å². The second kappa shape index (κ2) is 9.34. The van der Waals surface area contributed by atoms with Crippen molar-refractivity contribution < 1.29 is 18.3 Å². The fourth-order valence-electron chi connectivity index (χ4n) is 3.81. The fraction of sp³-hybridized carbons (Fsp3) is 0.192. The van der Waals surface area contributed by atoms with Gasteiger partial charge in [-0.15, -0.1) is 10.2 Å². The van der Waals surface area contributed by atoms with Crippen molar-refractivity contribution in [2.24, 2.45) is 17.3 Å². The third-order valence-corrected chi connectivity index (χ3v) is 7.14. The zero-order chi connectivity index (χ0) is 25.3. The number of anilines is 1. The Bertz CT molecular complexity index is 1550. The summed E-state index contributed by atoms with van der Waals surface area (Å²) in [5, 5.41) is 18.8. The van der Waals surface area contributed by atoms with Crippen LogP contribution in [0.1, 0.15) is 27.0 Å². The number of aromatic nitrogens is 1. The van der Waals surface area contributed by atoms with Crippen molar-refractivity contribution >= 4 is 38.2 Å². The summed E-state index contributed by atoms with van der Waals surface area (Å²) in [6, 6.07) is 19.4. The molecule has 4 rings (SSSR count). The molecule has 180 valence electrons. The Hall–Kier alpha value is -3.98. The number of nitrogens with zero attached hydrogens (tertiary/aromatic N) is 4. The maximum absolute atomic E-state index is 12.6. The van der Waals surface area contributed by atoms with Gasteiger partial charge < -0.3 is 9.67 Å². The van der Waals surface area contributed by atoms with Gasteiger partial charge in [0, 0.05) is 18.0 Å². The van der Waals surface area contributed by atoms with E-state index in [2.05, 4.69) is 10.2 Å². The van der Waals surface area contributed by atoms with Gasteiger partial charge in [-0.3, -0.25) is 9.10 Å². The smallest absolute Gasteiger partial charge is 0.295 e. The normalized spacial score (nSPS) is 11.9. The van der Waals surface area contributed by atoms with Gasteiger partial charge in [0.25, 0.3) is 5.91 Å². The van der Waals surface area contributed by atoms with E-state index in [0.717, 1.165) is 16.6 Å². The number of hydrogen-bond donors (Lipinski definition) is 1. The topological polar surface area (TPSA) is 104 Å². The van der Waals surface area contributed by atoms with Crippen molar-refractivity contribution in [2.45, 2.75) is 20.4 Å². The van der Waals surface area contributed by atoms with Crippen LogP contribution in [0, 0.1) is 13.8 Å². The molecule has 0 radical (unpaired) electrons. The summed E-state index contributed by atoms with van der Waals surface area (Å²) >= 11 is 0. The van der Waals surface area contributed by atoms with Gasteiger partial charge in [-0.25, -0.2) is 8.42 Å². The van der Waals surface area contributed by atoms with Crippen LogP contribution in [0.3, 0.4) is 0 Å². The van der Waals surface area contributed by atoms with Gasteiger partial charge in [0.1, 0.15) is 0 Å². The van der Waals surface area contributed by atoms with E-state index in [1.807, 2.05) is 44.2 Å². The lowest BCUT2D eigenvalue weighted by molar-refractivity contribution is 0.0995. The molecule has 35 heavy (non-hydrogen) atoms. The number of carbonyl (C=O) groups is 1. The number of sulfonamides is 1. The Kier molecular flexibility index (Phi) is 6.45. The quantitative estimate of drug-likeness (QED) is 0.366. The van der Waals surface area contributed by atoms with Crippen LogP contribution in [-0.4, -0.2) is 30.3 Å². The van der Waals surface area contributed by atoms with Crippen LogP contribution in [-0.2, 0) is 23.6 Å². The molecule has 1 N–H and O–H groups in total. The maximum Gasteiger partial charge on any atom is 0.295 e. The molecular weight excluding hydrogens is 464 g/mol. The van der Waals surface area contributed by atoms with Crippen molar-refractivity contribution in [2.75, 3.05) is 10.6 Å². The molecule has 0 saturated heterocycles. The average molecular weight is 491 g/mol. The highest BCUT2D eigenvalue weighted by Gasteiger charge is 2.19. The molecule has 0 aliphatic rings. The third kappa shape index (κ3) is 4.95. The van der Waals surface area contributed by atoms with Gasteiger partial charge in [-0.2, -0.15) is 0 Å². The van der Waals surface area contributed by atoms with Crippen LogP contribution in [0.15, 0.2) is 77.0 Å². The van der Waals surface area contributed by atoms with Gasteiger partial charge in [-0.1, -0.05) is 36.4 Å². The van der Waals surface area contributed by atoms with Crippen LogP contribution in [0.5, 0.6) is 5.88 Å². The number of aryl methyl sites for hydroxylation is 3. The predicted molar refractivity (Wildman–Crippen MR) is 137 cm³/mol. The summed E-state index contributed by atoms with van der Waals surface area (Å²) in [6.07, 6.45) is 1.17. The van der Waals surface area contributed by atoms with Gasteiger partial charge in [0.05, 0.1) is 24.0 Å². The van der Waals surface area contributed by atoms with E-state index < -0.39 is 15.9 Å². The van der Waals surface area contributed by atoms with Crippen molar-refractivity contribution in [3.8, 4) is 5.88 Å². The third-order valence-electron chi connectivity index (χ3n) is 6.00. The molecule has 0 fully saturated rings. The molecule has 0 bridgehead atoms. The van der Waals surface area contributed by atoms with Crippen molar-refractivity contribution in [3.63, 3.8) is 0 Å². The van der Waals surface area contributed by atoms with E-state index in [1.165, 1.54) is 10.6 Å². The Balaban J connectivity index is 1.55. The van der Waals surface area contributed by atoms with Crippen LogP contribution in [0.25, 0.3) is 10.9 Å². The maximum atomic E-state index is 12.6. The number of rotatable bonds is 6. The van der Waals surface area contributed by atoms with Gasteiger partial charge in [0.15, 0.2) is 5.69 Å². The Morgan fingerprint density at radius 3 is 2.34 bits per heavy atom. The molecule has 1 amide bonds. The minimum absolute atomic E-state index is 0.0784. The van der Waals surface area contributed by atoms with Crippen molar-refractivity contribution in [3.05, 3.63) is 89.0 Å². The second-order valence-electron chi connectivity index (χ2n) is 8.49. The molecule has 0 aliphatic carbocycles. The van der Waals surface area contributed by atoms with Gasteiger partial charge >= 0.3 is 0 Å². The Morgan fingerprint density at radius 1 is 1.00 bits per heavy atom. The van der Waals surface area contributed by atoms with E-state index in [9.17, 15) is 18.3 Å². The van der Waals surface area contributed by atoms with E-state index in [1.54, 1.807) is 48.0 Å². The lowest BCUT2D eigenvalue weighted by atomic mass is 10.1.